The van der Waals surface area contributed by atoms with Crippen LogP contribution in [0.5, 0.6) is 0 Å². The SMILES string of the molecule is CCS(=O)(=O)c1c(C(F)(F)F)cccc1S(=O)(=O)Nc1ccccc1. The Balaban J connectivity index is 2.73. The van der Waals surface area contributed by atoms with Crippen LogP contribution in [0.3, 0.4) is 0 Å². The standard InChI is InChI=1S/C15H14F3NO4S2/c1-2-24(20,21)14-12(15(16,17)18)9-6-10-13(14)25(22,23)19-11-7-4-3-5-8-11/h3-10,19H,2H2,1H3. The van der Waals surface area contributed by atoms with Crippen molar-refractivity contribution < 1.29 is 30.0 Å². The molecule has 0 radical (unpaired) electrons. The van der Waals surface area contributed by atoms with Gasteiger partial charge >= 0.3 is 6.18 Å². The monoisotopic (exact) mass is 393 g/mol. The van der Waals surface area contributed by atoms with Gasteiger partial charge in [0.1, 0.15) is 4.90 Å². The molecule has 0 saturated heterocycles. The Morgan fingerprint density at radius 3 is 2.04 bits per heavy atom. The van der Waals surface area contributed by atoms with Crippen LogP contribution in [-0.4, -0.2) is 22.6 Å². The highest BCUT2D eigenvalue weighted by Crippen LogP contribution is 2.38. The molecule has 0 aliphatic rings. The largest absolute Gasteiger partial charge is 0.417 e. The van der Waals surface area contributed by atoms with E-state index in [1.807, 2.05) is 0 Å². The minimum Gasteiger partial charge on any atom is -0.280 e. The van der Waals surface area contributed by atoms with Gasteiger partial charge in [-0.15, -0.1) is 0 Å². The minimum atomic E-state index is -5.02. The van der Waals surface area contributed by atoms with Gasteiger partial charge in [0.05, 0.1) is 16.2 Å². The maximum atomic E-state index is 13.2. The molecule has 0 fully saturated rings. The maximum absolute atomic E-state index is 13.2. The average molecular weight is 393 g/mol. The van der Waals surface area contributed by atoms with E-state index in [1.54, 1.807) is 6.07 Å². The second-order valence-corrected chi connectivity index (χ2v) is 8.87. The first-order valence-electron chi connectivity index (χ1n) is 7.00. The summed E-state index contributed by atoms with van der Waals surface area (Å²) >= 11 is 0. The van der Waals surface area contributed by atoms with Gasteiger partial charge in [-0.25, -0.2) is 16.8 Å². The van der Waals surface area contributed by atoms with Crippen molar-refractivity contribution in [3.05, 3.63) is 54.1 Å². The Kier molecular flexibility index (Phi) is 5.14. The number of sulfonamides is 1. The molecule has 2 rings (SSSR count). The van der Waals surface area contributed by atoms with Crippen LogP contribution in [0, 0.1) is 0 Å². The number of rotatable bonds is 5. The zero-order valence-corrected chi connectivity index (χ0v) is 14.5. The van der Waals surface area contributed by atoms with Crippen LogP contribution in [-0.2, 0) is 26.0 Å². The van der Waals surface area contributed by atoms with E-state index < -0.39 is 47.1 Å². The Hall–Kier alpha value is -2.07. The molecule has 0 saturated carbocycles. The summed E-state index contributed by atoms with van der Waals surface area (Å²) in [6.45, 7) is 1.14. The summed E-state index contributed by atoms with van der Waals surface area (Å²) in [5.41, 5.74) is -1.41. The molecular weight excluding hydrogens is 379 g/mol. The lowest BCUT2D eigenvalue weighted by atomic mass is 10.2. The van der Waals surface area contributed by atoms with Gasteiger partial charge in [-0.3, -0.25) is 4.72 Å². The number of alkyl halides is 3. The molecule has 2 aromatic rings. The van der Waals surface area contributed by atoms with Gasteiger partial charge in [-0.05, 0) is 24.3 Å². The smallest absolute Gasteiger partial charge is 0.280 e. The molecule has 0 atom stereocenters. The molecule has 10 heteroatoms. The van der Waals surface area contributed by atoms with Gasteiger partial charge in [0.2, 0.25) is 0 Å². The number of sulfone groups is 1. The third kappa shape index (κ3) is 4.13. The van der Waals surface area contributed by atoms with Gasteiger partial charge < -0.3 is 0 Å². The quantitative estimate of drug-likeness (QED) is 0.845. The number of anilines is 1. The number of hydrogen-bond donors (Lipinski definition) is 1. The minimum absolute atomic E-state index is 0.0970. The normalized spacial score (nSPS) is 12.8. The summed E-state index contributed by atoms with van der Waals surface area (Å²) in [6, 6.07) is 9.68. The molecule has 0 spiro atoms. The van der Waals surface area contributed by atoms with E-state index in [0.29, 0.717) is 6.07 Å². The van der Waals surface area contributed by atoms with E-state index in [4.69, 9.17) is 0 Å². The lowest BCUT2D eigenvalue weighted by molar-refractivity contribution is -0.140. The van der Waals surface area contributed by atoms with Gasteiger partial charge in [0.15, 0.2) is 9.84 Å². The van der Waals surface area contributed by atoms with Crippen molar-refractivity contribution in [3.8, 4) is 0 Å². The number of hydrogen-bond acceptors (Lipinski definition) is 4. The third-order valence-corrected chi connectivity index (χ3v) is 6.67. The Labute approximate surface area is 143 Å². The molecule has 0 bridgehead atoms. The van der Waals surface area contributed by atoms with Crippen LogP contribution in [0.1, 0.15) is 12.5 Å². The molecule has 0 aliphatic heterocycles. The van der Waals surface area contributed by atoms with Gasteiger partial charge in [0, 0.05) is 5.69 Å². The maximum Gasteiger partial charge on any atom is 0.417 e. The molecular formula is C15H14F3NO4S2. The van der Waals surface area contributed by atoms with Crippen LogP contribution in [0.25, 0.3) is 0 Å². The average Bonchev–Trinajstić information content (AvgIpc) is 2.54. The summed E-state index contributed by atoms with van der Waals surface area (Å²) in [6.07, 6.45) is -5.02. The van der Waals surface area contributed by atoms with Crippen molar-refractivity contribution in [1.29, 1.82) is 0 Å². The van der Waals surface area contributed by atoms with Crippen LogP contribution in [0.2, 0.25) is 0 Å². The lowest BCUT2D eigenvalue weighted by Gasteiger charge is -2.17. The fourth-order valence-corrected chi connectivity index (χ4v) is 5.19. The van der Waals surface area contributed by atoms with Crippen molar-refractivity contribution in [3.63, 3.8) is 0 Å². The molecule has 0 aliphatic carbocycles. The van der Waals surface area contributed by atoms with Crippen molar-refractivity contribution in [2.75, 3.05) is 10.5 Å². The first kappa shape index (κ1) is 19.3. The second kappa shape index (κ2) is 6.68. The fraction of sp³-hybridized carbons (Fsp3) is 0.200. The van der Waals surface area contributed by atoms with E-state index >= 15 is 0 Å². The number of benzene rings is 2. The predicted octanol–water partition coefficient (Wildman–Crippen LogP) is 3.30. The van der Waals surface area contributed by atoms with Crippen molar-refractivity contribution in [2.45, 2.75) is 22.9 Å². The topological polar surface area (TPSA) is 80.3 Å². The first-order chi connectivity index (χ1) is 11.5. The van der Waals surface area contributed by atoms with Crippen LogP contribution in [0.15, 0.2) is 58.3 Å². The molecule has 0 amide bonds. The third-order valence-electron chi connectivity index (χ3n) is 3.29. The lowest BCUT2D eigenvalue weighted by Crippen LogP contribution is -2.22. The van der Waals surface area contributed by atoms with Crippen molar-refractivity contribution in [2.24, 2.45) is 0 Å². The summed E-state index contributed by atoms with van der Waals surface area (Å²) in [5, 5.41) is 0. The van der Waals surface area contributed by atoms with E-state index in [0.717, 1.165) is 19.1 Å². The van der Waals surface area contributed by atoms with E-state index in [-0.39, 0.29) is 5.69 Å². The Morgan fingerprint density at radius 1 is 0.920 bits per heavy atom. The highest BCUT2D eigenvalue weighted by atomic mass is 32.2. The summed E-state index contributed by atoms with van der Waals surface area (Å²) in [7, 11) is -9.01. The molecule has 2 aromatic carbocycles. The molecule has 1 N–H and O–H groups in total. The van der Waals surface area contributed by atoms with Gasteiger partial charge in [0.25, 0.3) is 10.0 Å². The first-order valence-corrected chi connectivity index (χ1v) is 10.1. The van der Waals surface area contributed by atoms with Crippen LogP contribution in [0.4, 0.5) is 18.9 Å². The van der Waals surface area contributed by atoms with Crippen LogP contribution >= 0.6 is 0 Å². The van der Waals surface area contributed by atoms with Gasteiger partial charge in [-0.1, -0.05) is 31.2 Å². The summed E-state index contributed by atoms with van der Waals surface area (Å²) in [4.78, 5) is -2.18. The number of halogens is 3. The van der Waals surface area contributed by atoms with E-state index in [2.05, 4.69) is 4.72 Å². The Morgan fingerprint density at radius 2 is 1.52 bits per heavy atom. The number of para-hydroxylation sites is 1. The number of nitrogens with one attached hydrogen (secondary N) is 1. The van der Waals surface area contributed by atoms with E-state index in [1.165, 1.54) is 24.3 Å². The van der Waals surface area contributed by atoms with Crippen molar-refractivity contribution in [1.82, 2.24) is 0 Å². The van der Waals surface area contributed by atoms with Gasteiger partial charge in [-0.2, -0.15) is 13.2 Å². The molecule has 0 aromatic heterocycles. The predicted molar refractivity (Wildman–Crippen MR) is 86.4 cm³/mol. The molecule has 136 valence electrons. The molecule has 0 unspecified atom stereocenters. The molecule has 5 nitrogen and oxygen atoms in total. The van der Waals surface area contributed by atoms with E-state index in [9.17, 15) is 30.0 Å². The highest BCUT2D eigenvalue weighted by Gasteiger charge is 2.40. The summed E-state index contributed by atoms with van der Waals surface area (Å²) < 4.78 is 91.2. The zero-order chi connectivity index (χ0) is 18.9. The Bertz CT molecular complexity index is 970. The summed E-state index contributed by atoms with van der Waals surface area (Å²) in [5.74, 6) is -0.673. The molecule has 0 heterocycles. The fourth-order valence-electron chi connectivity index (χ4n) is 2.13. The van der Waals surface area contributed by atoms with Crippen molar-refractivity contribution >= 4 is 25.5 Å². The second-order valence-electron chi connectivity index (χ2n) is 5.01. The molecule has 25 heavy (non-hydrogen) atoms. The van der Waals surface area contributed by atoms with Crippen LogP contribution < -0.4 is 4.72 Å². The zero-order valence-electron chi connectivity index (χ0n) is 12.9. The highest BCUT2D eigenvalue weighted by molar-refractivity contribution is 7.95.